The number of carbonyl (C=O) groups excluding carboxylic acids is 4. The first-order valence-electron chi connectivity index (χ1n) is 13.0. The lowest BCUT2D eigenvalue weighted by molar-refractivity contribution is -0.202. The fraction of sp³-hybridized carbons (Fsp3) is 0.276. The van der Waals surface area contributed by atoms with Crippen LogP contribution in [0.1, 0.15) is 37.3 Å². The molecule has 3 rings (SSSR count). The molecular formula is C29H28F4N4O6. The second-order valence-corrected chi connectivity index (χ2v) is 9.19. The van der Waals surface area contributed by atoms with E-state index in [4.69, 9.17) is 0 Å². The second-order valence-electron chi connectivity index (χ2n) is 9.19. The third-order valence-electron chi connectivity index (χ3n) is 6.00. The van der Waals surface area contributed by atoms with Crippen molar-refractivity contribution in [3.05, 3.63) is 78.2 Å². The molecular weight excluding hydrogens is 576 g/mol. The maximum absolute atomic E-state index is 15.3. The van der Waals surface area contributed by atoms with Gasteiger partial charge in [0.2, 0.25) is 11.8 Å². The Morgan fingerprint density at radius 3 is 2.33 bits per heavy atom. The van der Waals surface area contributed by atoms with Gasteiger partial charge in [0.1, 0.15) is 5.82 Å². The molecule has 0 spiro atoms. The molecule has 1 aromatic heterocycles. The second kappa shape index (κ2) is 15.3. The molecule has 0 aliphatic heterocycles. The standard InChI is InChI=1S/C29H28F4N4O6/c30-26-20(13-12-19(27(26)41)18-8-2-1-3-9-18)21(16-25(40)43-28(42)29(31,32)33)37-24(39)17-36-23(38)11-5-7-15-35-22-10-4-6-14-34-22/h1-4,6,8-10,12-14,21,41H,5,7,11,15-17H2,(H,34,35)(H,36,38)(H,37,39). The summed E-state index contributed by atoms with van der Waals surface area (Å²) in [5, 5.41) is 18.2. The van der Waals surface area contributed by atoms with E-state index in [2.05, 4.69) is 25.7 Å². The van der Waals surface area contributed by atoms with Crippen molar-refractivity contribution in [1.29, 1.82) is 0 Å². The maximum atomic E-state index is 15.3. The van der Waals surface area contributed by atoms with Crippen LogP contribution in [0, 0.1) is 5.82 Å². The number of ether oxygens (including phenoxy) is 1. The molecule has 0 saturated carbocycles. The summed E-state index contributed by atoms with van der Waals surface area (Å²) in [5.74, 6) is -7.30. The number of halogens is 4. The number of esters is 2. The van der Waals surface area contributed by atoms with E-state index in [9.17, 15) is 37.5 Å². The van der Waals surface area contributed by atoms with E-state index in [1.54, 1.807) is 48.7 Å². The van der Waals surface area contributed by atoms with Gasteiger partial charge in [-0.05, 0) is 30.5 Å². The zero-order valence-corrected chi connectivity index (χ0v) is 22.6. The molecule has 0 aliphatic carbocycles. The van der Waals surface area contributed by atoms with Crippen molar-refractivity contribution in [1.82, 2.24) is 15.6 Å². The SMILES string of the molecule is O=C(CCCCNc1ccccn1)NCC(=O)NC(CC(=O)OC(=O)C(F)(F)F)c1ccc(-c2ccccc2)c(O)c1F. The van der Waals surface area contributed by atoms with E-state index in [1.807, 2.05) is 6.07 Å². The summed E-state index contributed by atoms with van der Waals surface area (Å²) in [5.41, 5.74) is 0.0503. The molecule has 1 heterocycles. The zero-order chi connectivity index (χ0) is 31.4. The summed E-state index contributed by atoms with van der Waals surface area (Å²) in [6, 6.07) is 14.3. The summed E-state index contributed by atoms with van der Waals surface area (Å²) in [6.45, 7) is -0.0470. The number of hydrogen-bond acceptors (Lipinski definition) is 8. The molecule has 10 nitrogen and oxygen atoms in total. The Bertz CT molecular complexity index is 1420. The van der Waals surface area contributed by atoms with Crippen LogP contribution in [-0.4, -0.2) is 53.1 Å². The largest absolute Gasteiger partial charge is 0.504 e. The molecule has 14 heteroatoms. The Hall–Kier alpha value is -5.01. The summed E-state index contributed by atoms with van der Waals surface area (Å²) in [4.78, 5) is 52.1. The van der Waals surface area contributed by atoms with Crippen LogP contribution in [0.2, 0.25) is 0 Å². The van der Waals surface area contributed by atoms with Gasteiger partial charge in [-0.2, -0.15) is 13.2 Å². The third kappa shape index (κ3) is 10.1. The number of nitrogens with zero attached hydrogens (tertiary/aromatic N) is 1. The number of alkyl halides is 3. The number of rotatable bonds is 13. The molecule has 0 fully saturated rings. The fourth-order valence-electron chi connectivity index (χ4n) is 3.92. The van der Waals surface area contributed by atoms with Gasteiger partial charge in [-0.1, -0.05) is 48.5 Å². The number of phenolic OH excluding ortho intramolecular Hbond substituents is 1. The summed E-state index contributed by atoms with van der Waals surface area (Å²) < 4.78 is 56.7. The van der Waals surface area contributed by atoms with Gasteiger partial charge in [0.25, 0.3) is 0 Å². The number of benzene rings is 2. The van der Waals surface area contributed by atoms with Crippen LogP contribution < -0.4 is 16.0 Å². The Kier molecular flexibility index (Phi) is 11.6. The highest BCUT2D eigenvalue weighted by Crippen LogP contribution is 2.36. The summed E-state index contributed by atoms with van der Waals surface area (Å²) >= 11 is 0. The van der Waals surface area contributed by atoms with Crippen molar-refractivity contribution in [2.24, 2.45) is 0 Å². The van der Waals surface area contributed by atoms with Crippen LogP contribution in [0.4, 0.5) is 23.4 Å². The predicted octanol–water partition coefficient (Wildman–Crippen LogP) is 4.17. The molecule has 2 amide bonds. The Balaban J connectivity index is 1.62. The van der Waals surface area contributed by atoms with E-state index < -0.39 is 66.1 Å². The van der Waals surface area contributed by atoms with Gasteiger partial charge in [0.05, 0.1) is 19.0 Å². The van der Waals surface area contributed by atoms with Crippen molar-refractivity contribution in [3.8, 4) is 16.9 Å². The van der Waals surface area contributed by atoms with Crippen molar-refractivity contribution in [2.45, 2.75) is 37.9 Å². The van der Waals surface area contributed by atoms with Gasteiger partial charge in [-0.15, -0.1) is 0 Å². The van der Waals surface area contributed by atoms with Gasteiger partial charge < -0.3 is 25.8 Å². The molecule has 2 aromatic carbocycles. The first-order chi connectivity index (χ1) is 20.5. The molecule has 1 unspecified atom stereocenters. The molecule has 4 N–H and O–H groups in total. The molecule has 1 atom stereocenters. The Labute approximate surface area is 243 Å². The highest BCUT2D eigenvalue weighted by Gasteiger charge is 2.42. The Morgan fingerprint density at radius 1 is 0.930 bits per heavy atom. The Morgan fingerprint density at radius 2 is 1.65 bits per heavy atom. The van der Waals surface area contributed by atoms with E-state index in [-0.39, 0.29) is 12.0 Å². The topological polar surface area (TPSA) is 147 Å². The van der Waals surface area contributed by atoms with Gasteiger partial charge in [0.15, 0.2) is 11.6 Å². The van der Waals surface area contributed by atoms with Gasteiger partial charge in [-0.25, -0.2) is 14.2 Å². The van der Waals surface area contributed by atoms with Gasteiger partial charge in [0, 0.05) is 30.3 Å². The third-order valence-corrected chi connectivity index (χ3v) is 6.00. The van der Waals surface area contributed by atoms with Crippen molar-refractivity contribution < 1.29 is 46.6 Å². The average molecular weight is 605 g/mol. The zero-order valence-electron chi connectivity index (χ0n) is 22.6. The van der Waals surface area contributed by atoms with Crippen LogP contribution in [-0.2, 0) is 23.9 Å². The first kappa shape index (κ1) is 32.5. The van der Waals surface area contributed by atoms with Crippen LogP contribution in [0.25, 0.3) is 11.1 Å². The van der Waals surface area contributed by atoms with Crippen LogP contribution in [0.3, 0.4) is 0 Å². The number of phenols is 1. The maximum Gasteiger partial charge on any atom is 0.491 e. The highest BCUT2D eigenvalue weighted by molar-refractivity contribution is 5.89. The molecule has 0 radical (unpaired) electrons. The van der Waals surface area contributed by atoms with Crippen molar-refractivity contribution in [3.63, 3.8) is 0 Å². The number of aromatic nitrogens is 1. The lowest BCUT2D eigenvalue weighted by Crippen LogP contribution is -2.40. The van der Waals surface area contributed by atoms with E-state index >= 15 is 4.39 Å². The van der Waals surface area contributed by atoms with Crippen molar-refractivity contribution in [2.75, 3.05) is 18.4 Å². The lowest BCUT2D eigenvalue weighted by atomic mass is 9.97. The van der Waals surface area contributed by atoms with E-state index in [0.717, 1.165) is 6.07 Å². The van der Waals surface area contributed by atoms with Crippen LogP contribution >= 0.6 is 0 Å². The first-order valence-corrected chi connectivity index (χ1v) is 13.0. The van der Waals surface area contributed by atoms with Gasteiger partial charge in [-0.3, -0.25) is 14.4 Å². The summed E-state index contributed by atoms with van der Waals surface area (Å²) in [7, 11) is 0. The molecule has 0 bridgehead atoms. The quantitative estimate of drug-likeness (QED) is 0.0984. The van der Waals surface area contributed by atoms with Crippen LogP contribution in [0.15, 0.2) is 66.9 Å². The van der Waals surface area contributed by atoms with Gasteiger partial charge >= 0.3 is 18.1 Å². The molecule has 0 saturated heterocycles. The van der Waals surface area contributed by atoms with Crippen LogP contribution in [0.5, 0.6) is 5.75 Å². The number of carbonyl (C=O) groups is 4. The number of hydrogen-bond donors (Lipinski definition) is 4. The minimum atomic E-state index is -5.46. The minimum Gasteiger partial charge on any atom is -0.504 e. The molecule has 0 aliphatic rings. The number of aromatic hydroxyl groups is 1. The molecule has 3 aromatic rings. The van der Waals surface area contributed by atoms with E-state index in [0.29, 0.717) is 30.8 Å². The number of pyridine rings is 1. The average Bonchev–Trinajstić information content (AvgIpc) is 2.97. The smallest absolute Gasteiger partial charge is 0.491 e. The number of anilines is 1. The number of nitrogens with one attached hydrogen (secondary N) is 3. The fourth-order valence-corrected chi connectivity index (χ4v) is 3.92. The normalized spacial score (nSPS) is 11.7. The summed E-state index contributed by atoms with van der Waals surface area (Å²) in [6.07, 6.45) is -3.74. The lowest BCUT2D eigenvalue weighted by Gasteiger charge is -2.20. The molecule has 228 valence electrons. The monoisotopic (exact) mass is 604 g/mol. The number of amides is 2. The highest BCUT2D eigenvalue weighted by atomic mass is 19.4. The number of unbranched alkanes of at least 4 members (excludes halogenated alkanes) is 1. The van der Waals surface area contributed by atoms with Crippen molar-refractivity contribution >= 4 is 29.6 Å². The molecule has 43 heavy (non-hydrogen) atoms. The van der Waals surface area contributed by atoms with E-state index in [1.165, 1.54) is 6.07 Å². The predicted molar refractivity (Wildman–Crippen MR) is 146 cm³/mol. The minimum absolute atomic E-state index is 0.0734.